The zero-order valence-corrected chi connectivity index (χ0v) is 8.39. The molecule has 0 aromatic rings. The molecule has 0 aliphatic carbocycles. The second-order valence-electron chi connectivity index (χ2n) is 3.09. The molecule has 0 saturated carbocycles. The summed E-state index contributed by atoms with van der Waals surface area (Å²) in [6, 6.07) is 0. The number of nitrogens with zero attached hydrogens (tertiary/aromatic N) is 1. The minimum atomic E-state index is 0.132. The molecule has 0 fully saturated rings. The zero-order valence-electron chi connectivity index (χ0n) is 8.39. The van der Waals surface area contributed by atoms with Crippen molar-refractivity contribution in [2.75, 3.05) is 26.7 Å². The second kappa shape index (κ2) is 7.10. The summed E-state index contributed by atoms with van der Waals surface area (Å²) < 4.78 is 0. The van der Waals surface area contributed by atoms with Crippen LogP contribution in [-0.4, -0.2) is 37.5 Å². The summed E-state index contributed by atoms with van der Waals surface area (Å²) in [5.74, 6) is 0.132. The third kappa shape index (κ3) is 6.16. The molecule has 0 unspecified atom stereocenters. The molecule has 3 nitrogen and oxygen atoms in total. The largest absolute Gasteiger partial charge is 0.355 e. The predicted molar refractivity (Wildman–Crippen MR) is 51.1 cm³/mol. The number of amides is 1. The fraction of sp³-hybridized carbons (Fsp3) is 0.889. The third-order valence-corrected chi connectivity index (χ3v) is 1.59. The smallest absolute Gasteiger partial charge is 0.234 e. The van der Waals surface area contributed by atoms with Crippen LogP contribution < -0.4 is 5.32 Å². The van der Waals surface area contributed by atoms with Gasteiger partial charge < -0.3 is 5.32 Å². The number of hydrogen-bond acceptors (Lipinski definition) is 2. The molecule has 0 spiro atoms. The molecule has 0 rings (SSSR count). The van der Waals surface area contributed by atoms with Crippen LogP contribution in [0, 0.1) is 0 Å². The number of rotatable bonds is 6. The van der Waals surface area contributed by atoms with Gasteiger partial charge in [-0.15, -0.1) is 0 Å². The van der Waals surface area contributed by atoms with Crippen LogP contribution in [0.1, 0.15) is 26.7 Å². The molecule has 3 heteroatoms. The summed E-state index contributed by atoms with van der Waals surface area (Å²) in [4.78, 5) is 13.2. The Bertz CT molecular complexity index is 126. The normalized spacial score (nSPS) is 10.3. The van der Waals surface area contributed by atoms with Crippen LogP contribution in [0.4, 0.5) is 0 Å². The Balaban J connectivity index is 3.40. The molecular formula is C9H20N2O. The number of hydrogen-bond donors (Lipinski definition) is 1. The molecule has 0 aliphatic rings. The average Bonchev–Trinajstić information content (AvgIpc) is 2.01. The molecule has 0 aromatic heterocycles. The molecule has 0 heterocycles. The van der Waals surface area contributed by atoms with Crippen molar-refractivity contribution in [1.29, 1.82) is 0 Å². The van der Waals surface area contributed by atoms with E-state index < -0.39 is 0 Å². The molecule has 0 radical (unpaired) electrons. The predicted octanol–water partition coefficient (Wildman–Crippen LogP) is 0.854. The van der Waals surface area contributed by atoms with Crippen molar-refractivity contribution in [2.24, 2.45) is 0 Å². The molecule has 0 atom stereocenters. The fourth-order valence-electron chi connectivity index (χ4n) is 1.03. The van der Waals surface area contributed by atoms with Gasteiger partial charge in [-0.05, 0) is 26.4 Å². The van der Waals surface area contributed by atoms with E-state index in [4.69, 9.17) is 0 Å². The molecule has 0 bridgehead atoms. The van der Waals surface area contributed by atoms with Crippen molar-refractivity contribution in [2.45, 2.75) is 26.7 Å². The quantitative estimate of drug-likeness (QED) is 0.644. The highest BCUT2D eigenvalue weighted by Gasteiger charge is 2.03. The van der Waals surface area contributed by atoms with Gasteiger partial charge in [-0.3, -0.25) is 9.69 Å². The van der Waals surface area contributed by atoms with Crippen molar-refractivity contribution in [1.82, 2.24) is 10.2 Å². The highest BCUT2D eigenvalue weighted by molar-refractivity contribution is 5.77. The summed E-state index contributed by atoms with van der Waals surface area (Å²) in [6.07, 6.45) is 2.10. The Morgan fingerprint density at radius 1 is 1.33 bits per heavy atom. The van der Waals surface area contributed by atoms with E-state index in [9.17, 15) is 4.79 Å². The van der Waals surface area contributed by atoms with Crippen molar-refractivity contribution >= 4 is 5.91 Å². The Hall–Kier alpha value is -0.570. The zero-order chi connectivity index (χ0) is 9.40. The summed E-state index contributed by atoms with van der Waals surface area (Å²) in [5, 5.41) is 2.84. The van der Waals surface area contributed by atoms with Crippen LogP contribution in [0.5, 0.6) is 0 Å². The monoisotopic (exact) mass is 172 g/mol. The first-order valence-corrected chi connectivity index (χ1v) is 4.66. The highest BCUT2D eigenvalue weighted by atomic mass is 16.1. The lowest BCUT2D eigenvalue weighted by molar-refractivity contribution is -0.121. The van der Waals surface area contributed by atoms with Crippen LogP contribution in [0.3, 0.4) is 0 Å². The standard InChI is InChI=1S/C9H20N2O/c1-4-6-10-9(12)8-11(3)7-5-2/h4-8H2,1-3H3,(H,10,12). The molecule has 1 N–H and O–H groups in total. The molecule has 1 amide bonds. The minimum absolute atomic E-state index is 0.132. The van der Waals surface area contributed by atoms with Gasteiger partial charge in [-0.1, -0.05) is 13.8 Å². The van der Waals surface area contributed by atoms with Crippen molar-refractivity contribution in [3.8, 4) is 0 Å². The number of nitrogens with one attached hydrogen (secondary N) is 1. The fourth-order valence-corrected chi connectivity index (χ4v) is 1.03. The Morgan fingerprint density at radius 2 is 2.00 bits per heavy atom. The Kier molecular flexibility index (Phi) is 6.76. The summed E-state index contributed by atoms with van der Waals surface area (Å²) in [7, 11) is 1.97. The SMILES string of the molecule is CCCNC(=O)CN(C)CCC. The first kappa shape index (κ1) is 11.4. The van der Waals surface area contributed by atoms with Gasteiger partial charge in [0.2, 0.25) is 5.91 Å². The van der Waals surface area contributed by atoms with E-state index >= 15 is 0 Å². The molecule has 12 heavy (non-hydrogen) atoms. The van der Waals surface area contributed by atoms with E-state index in [0.29, 0.717) is 6.54 Å². The van der Waals surface area contributed by atoms with Crippen LogP contribution in [0.15, 0.2) is 0 Å². The van der Waals surface area contributed by atoms with Crippen molar-refractivity contribution in [3.05, 3.63) is 0 Å². The molecule has 72 valence electrons. The van der Waals surface area contributed by atoms with Gasteiger partial charge in [-0.2, -0.15) is 0 Å². The molecule has 0 aliphatic heterocycles. The van der Waals surface area contributed by atoms with Gasteiger partial charge in [-0.25, -0.2) is 0 Å². The van der Waals surface area contributed by atoms with Crippen LogP contribution in [0.2, 0.25) is 0 Å². The van der Waals surface area contributed by atoms with Crippen molar-refractivity contribution < 1.29 is 4.79 Å². The van der Waals surface area contributed by atoms with Crippen LogP contribution in [-0.2, 0) is 4.79 Å². The van der Waals surface area contributed by atoms with Gasteiger partial charge in [0.1, 0.15) is 0 Å². The Morgan fingerprint density at radius 3 is 2.50 bits per heavy atom. The second-order valence-corrected chi connectivity index (χ2v) is 3.09. The van der Waals surface area contributed by atoms with Gasteiger partial charge in [0, 0.05) is 6.54 Å². The lowest BCUT2D eigenvalue weighted by Crippen LogP contribution is -2.35. The lowest BCUT2D eigenvalue weighted by Gasteiger charge is -2.14. The first-order chi connectivity index (χ1) is 5.70. The van der Waals surface area contributed by atoms with E-state index in [1.54, 1.807) is 0 Å². The van der Waals surface area contributed by atoms with E-state index in [0.717, 1.165) is 25.9 Å². The lowest BCUT2D eigenvalue weighted by atomic mass is 10.4. The van der Waals surface area contributed by atoms with Gasteiger partial charge in [0.15, 0.2) is 0 Å². The maximum Gasteiger partial charge on any atom is 0.234 e. The van der Waals surface area contributed by atoms with E-state index in [-0.39, 0.29) is 5.91 Å². The summed E-state index contributed by atoms with van der Waals surface area (Å²) >= 11 is 0. The molecule has 0 aromatic carbocycles. The van der Waals surface area contributed by atoms with Gasteiger partial charge in [0.05, 0.1) is 6.54 Å². The molecule has 0 saturated heterocycles. The third-order valence-electron chi connectivity index (χ3n) is 1.59. The average molecular weight is 172 g/mol. The maximum atomic E-state index is 11.1. The highest BCUT2D eigenvalue weighted by Crippen LogP contribution is 1.85. The van der Waals surface area contributed by atoms with E-state index in [1.165, 1.54) is 0 Å². The summed E-state index contributed by atoms with van der Waals surface area (Å²) in [5.41, 5.74) is 0. The number of carbonyl (C=O) groups is 1. The van der Waals surface area contributed by atoms with E-state index in [1.807, 2.05) is 11.9 Å². The minimum Gasteiger partial charge on any atom is -0.355 e. The van der Waals surface area contributed by atoms with Crippen molar-refractivity contribution in [3.63, 3.8) is 0 Å². The van der Waals surface area contributed by atoms with Gasteiger partial charge >= 0.3 is 0 Å². The summed E-state index contributed by atoms with van der Waals surface area (Å²) in [6.45, 7) is 6.46. The van der Waals surface area contributed by atoms with Crippen LogP contribution in [0.25, 0.3) is 0 Å². The van der Waals surface area contributed by atoms with Gasteiger partial charge in [0.25, 0.3) is 0 Å². The maximum absolute atomic E-state index is 11.1. The Labute approximate surface area is 75.1 Å². The number of carbonyl (C=O) groups excluding carboxylic acids is 1. The van der Waals surface area contributed by atoms with Crippen LogP contribution >= 0.6 is 0 Å². The first-order valence-electron chi connectivity index (χ1n) is 4.66. The number of likely N-dealkylation sites (N-methyl/N-ethyl adjacent to an activating group) is 1. The van der Waals surface area contributed by atoms with E-state index in [2.05, 4.69) is 19.2 Å². The molecular weight excluding hydrogens is 152 g/mol. The topological polar surface area (TPSA) is 32.3 Å².